The molecule has 0 amide bonds. The van der Waals surface area contributed by atoms with Gasteiger partial charge >= 0.3 is 6.01 Å². The van der Waals surface area contributed by atoms with Gasteiger partial charge in [-0.1, -0.05) is 20.8 Å². The summed E-state index contributed by atoms with van der Waals surface area (Å²) in [6.45, 7) is 6.16. The van der Waals surface area contributed by atoms with E-state index in [-0.39, 0.29) is 11.4 Å². The van der Waals surface area contributed by atoms with Crippen molar-refractivity contribution < 1.29 is 5.11 Å². The van der Waals surface area contributed by atoms with Gasteiger partial charge in [0.1, 0.15) is 5.82 Å². The molecule has 0 unspecified atom stereocenters. The van der Waals surface area contributed by atoms with Crippen molar-refractivity contribution in [2.75, 3.05) is 5.73 Å². The molecule has 16 heavy (non-hydrogen) atoms. The van der Waals surface area contributed by atoms with E-state index in [0.717, 1.165) is 17.2 Å². The minimum atomic E-state index is -0.257. The summed E-state index contributed by atoms with van der Waals surface area (Å²) in [6.07, 6.45) is 0. The van der Waals surface area contributed by atoms with Crippen LogP contribution in [0.15, 0.2) is 6.07 Å². The van der Waals surface area contributed by atoms with Crippen LogP contribution in [0.25, 0.3) is 5.13 Å². The zero-order valence-corrected chi connectivity index (χ0v) is 10.1. The van der Waals surface area contributed by atoms with Gasteiger partial charge in [-0.2, -0.15) is 14.8 Å². The summed E-state index contributed by atoms with van der Waals surface area (Å²) < 4.78 is 5.16. The van der Waals surface area contributed by atoms with Gasteiger partial charge in [0, 0.05) is 23.0 Å². The van der Waals surface area contributed by atoms with E-state index in [0.29, 0.717) is 10.9 Å². The molecule has 0 fully saturated rings. The quantitative estimate of drug-likeness (QED) is 0.783. The van der Waals surface area contributed by atoms with Crippen LogP contribution in [0.1, 0.15) is 26.5 Å². The number of nitrogens with zero attached hydrogens (tertiary/aromatic N) is 4. The number of aromatic nitrogens is 4. The number of anilines is 1. The molecule has 0 aliphatic carbocycles. The van der Waals surface area contributed by atoms with Gasteiger partial charge in [-0.25, -0.2) is 0 Å². The molecule has 0 aliphatic heterocycles. The molecule has 0 aromatic carbocycles. The molecule has 7 heteroatoms. The van der Waals surface area contributed by atoms with E-state index in [1.54, 1.807) is 6.07 Å². The molecule has 6 nitrogen and oxygen atoms in total. The molecular weight excluding hydrogens is 226 g/mol. The zero-order valence-electron chi connectivity index (χ0n) is 9.30. The van der Waals surface area contributed by atoms with Crippen LogP contribution in [-0.2, 0) is 5.41 Å². The van der Waals surface area contributed by atoms with E-state index < -0.39 is 0 Å². The Labute approximate surface area is 96.9 Å². The molecule has 0 aliphatic rings. The van der Waals surface area contributed by atoms with Crippen LogP contribution in [0.4, 0.5) is 5.82 Å². The van der Waals surface area contributed by atoms with E-state index in [1.807, 2.05) is 0 Å². The maximum absolute atomic E-state index is 9.08. The monoisotopic (exact) mass is 239 g/mol. The highest BCUT2D eigenvalue weighted by Crippen LogP contribution is 2.25. The Hall–Kier alpha value is -1.63. The first-order valence-electron chi connectivity index (χ1n) is 4.77. The summed E-state index contributed by atoms with van der Waals surface area (Å²) in [5, 5.41) is 13.9. The van der Waals surface area contributed by atoms with E-state index in [1.165, 1.54) is 4.68 Å². The summed E-state index contributed by atoms with van der Waals surface area (Å²) in [4.78, 5) is 3.82. The van der Waals surface area contributed by atoms with Crippen molar-refractivity contribution in [1.82, 2.24) is 19.1 Å². The van der Waals surface area contributed by atoms with Gasteiger partial charge in [-0.3, -0.25) is 0 Å². The Kier molecular flexibility index (Phi) is 2.34. The average Bonchev–Trinajstić information content (AvgIpc) is 2.70. The Balaban J connectivity index is 2.47. The summed E-state index contributed by atoms with van der Waals surface area (Å²) >= 11 is 1.05. The minimum Gasteiger partial charge on any atom is -0.478 e. The Morgan fingerprint density at radius 2 is 2.12 bits per heavy atom. The minimum absolute atomic E-state index is 0.0773. The smallest absolute Gasteiger partial charge is 0.327 e. The molecule has 0 bridgehead atoms. The van der Waals surface area contributed by atoms with Crippen LogP contribution in [-0.4, -0.2) is 24.2 Å². The lowest BCUT2D eigenvalue weighted by Gasteiger charge is -2.13. The third-order valence-electron chi connectivity index (χ3n) is 2.09. The first-order chi connectivity index (χ1) is 7.38. The van der Waals surface area contributed by atoms with E-state index >= 15 is 0 Å². The molecule has 86 valence electrons. The lowest BCUT2D eigenvalue weighted by molar-refractivity contribution is 0.438. The standard InChI is InChI=1S/C9H13N5OS/c1-9(2,3)5-4-6(10)14(12-5)8-11-7(15)13-16-8/h4H,10H2,1-3H3,(H,13,15). The van der Waals surface area contributed by atoms with Crippen LogP contribution >= 0.6 is 11.5 Å². The van der Waals surface area contributed by atoms with Crippen molar-refractivity contribution in [3.8, 4) is 11.1 Å². The van der Waals surface area contributed by atoms with Crippen LogP contribution in [0.3, 0.4) is 0 Å². The van der Waals surface area contributed by atoms with Crippen LogP contribution in [0.2, 0.25) is 0 Å². The summed E-state index contributed by atoms with van der Waals surface area (Å²) in [5.74, 6) is 0.487. The van der Waals surface area contributed by atoms with Crippen molar-refractivity contribution in [2.24, 2.45) is 0 Å². The van der Waals surface area contributed by atoms with Gasteiger partial charge in [0.25, 0.3) is 0 Å². The number of rotatable bonds is 1. The normalized spacial score (nSPS) is 11.9. The molecule has 2 heterocycles. The van der Waals surface area contributed by atoms with Gasteiger partial charge in [0.05, 0.1) is 5.69 Å². The fourth-order valence-corrected chi connectivity index (χ4v) is 1.76. The van der Waals surface area contributed by atoms with Gasteiger partial charge in [0.15, 0.2) is 0 Å². The maximum Gasteiger partial charge on any atom is 0.327 e. The average molecular weight is 239 g/mol. The van der Waals surface area contributed by atoms with Gasteiger partial charge in [-0.15, -0.1) is 4.37 Å². The molecule has 2 aromatic heterocycles. The Bertz CT molecular complexity index is 510. The molecule has 0 saturated carbocycles. The second-order valence-corrected chi connectivity index (χ2v) is 5.22. The number of nitrogen functional groups attached to an aromatic ring is 1. The molecular formula is C9H13N5OS. The lowest BCUT2D eigenvalue weighted by atomic mass is 9.92. The van der Waals surface area contributed by atoms with Crippen LogP contribution in [0, 0.1) is 0 Å². The summed E-state index contributed by atoms with van der Waals surface area (Å²) in [5.41, 5.74) is 6.63. The molecule has 2 rings (SSSR count). The lowest BCUT2D eigenvalue weighted by Crippen LogP contribution is -2.12. The Morgan fingerprint density at radius 3 is 2.56 bits per heavy atom. The van der Waals surface area contributed by atoms with Crippen molar-refractivity contribution in [1.29, 1.82) is 0 Å². The zero-order chi connectivity index (χ0) is 11.9. The number of aromatic hydroxyl groups is 1. The third kappa shape index (κ3) is 1.85. The van der Waals surface area contributed by atoms with E-state index in [9.17, 15) is 0 Å². The molecule has 0 radical (unpaired) electrons. The highest BCUT2D eigenvalue weighted by atomic mass is 32.1. The van der Waals surface area contributed by atoms with Crippen LogP contribution in [0.5, 0.6) is 6.01 Å². The van der Waals surface area contributed by atoms with Crippen molar-refractivity contribution >= 4 is 17.4 Å². The third-order valence-corrected chi connectivity index (χ3v) is 2.77. The SMILES string of the molecule is CC(C)(C)c1cc(N)n(-c2nc(O)ns2)n1. The first-order valence-corrected chi connectivity index (χ1v) is 5.54. The molecule has 2 aromatic rings. The van der Waals surface area contributed by atoms with Crippen molar-refractivity contribution in [3.05, 3.63) is 11.8 Å². The fourth-order valence-electron chi connectivity index (χ4n) is 1.21. The second kappa shape index (κ2) is 3.44. The highest BCUT2D eigenvalue weighted by Gasteiger charge is 2.20. The molecule has 0 atom stereocenters. The largest absolute Gasteiger partial charge is 0.478 e. The topological polar surface area (TPSA) is 89.9 Å². The molecule has 0 saturated heterocycles. The predicted octanol–water partition coefficient (Wildman–Crippen LogP) is 1.31. The van der Waals surface area contributed by atoms with Crippen molar-refractivity contribution in [3.63, 3.8) is 0 Å². The van der Waals surface area contributed by atoms with Crippen molar-refractivity contribution in [2.45, 2.75) is 26.2 Å². The molecule has 3 N–H and O–H groups in total. The van der Waals surface area contributed by atoms with Crippen LogP contribution < -0.4 is 5.73 Å². The van der Waals surface area contributed by atoms with Gasteiger partial charge in [0.2, 0.25) is 5.13 Å². The number of nitrogens with two attached hydrogens (primary N) is 1. The first kappa shape index (κ1) is 10.9. The van der Waals surface area contributed by atoms with E-state index in [4.69, 9.17) is 10.8 Å². The maximum atomic E-state index is 9.08. The number of hydrogen-bond donors (Lipinski definition) is 2. The Morgan fingerprint density at radius 1 is 1.44 bits per heavy atom. The van der Waals surface area contributed by atoms with E-state index in [2.05, 4.69) is 35.2 Å². The predicted molar refractivity (Wildman–Crippen MR) is 61.8 cm³/mol. The second-order valence-electron chi connectivity index (χ2n) is 4.49. The van der Waals surface area contributed by atoms with Gasteiger partial charge < -0.3 is 10.8 Å². The highest BCUT2D eigenvalue weighted by molar-refractivity contribution is 7.08. The summed E-state index contributed by atoms with van der Waals surface area (Å²) in [6, 6.07) is 1.55. The number of hydrogen-bond acceptors (Lipinski definition) is 6. The fraction of sp³-hybridized carbons (Fsp3) is 0.444. The summed E-state index contributed by atoms with van der Waals surface area (Å²) in [7, 11) is 0. The van der Waals surface area contributed by atoms with Gasteiger partial charge in [-0.05, 0) is 0 Å². The molecule has 0 spiro atoms.